The van der Waals surface area contributed by atoms with Gasteiger partial charge in [0.15, 0.2) is 0 Å². The molecule has 0 radical (unpaired) electrons. The number of hydrogen-bond acceptors (Lipinski definition) is 2. The van der Waals surface area contributed by atoms with Gasteiger partial charge in [-0.05, 0) is 31.0 Å². The van der Waals surface area contributed by atoms with E-state index in [1.807, 2.05) is 19.1 Å². The van der Waals surface area contributed by atoms with Gasteiger partial charge in [-0.1, -0.05) is 17.7 Å². The van der Waals surface area contributed by atoms with Crippen molar-refractivity contribution in [2.45, 2.75) is 19.8 Å². The number of benzene rings is 1. The van der Waals surface area contributed by atoms with Crippen LogP contribution in [0.1, 0.15) is 18.4 Å². The summed E-state index contributed by atoms with van der Waals surface area (Å²) in [6, 6.07) is 5.43. The molecule has 1 aromatic carbocycles. The average Bonchev–Trinajstić information content (AvgIpc) is 2.18. The first kappa shape index (κ1) is 11.9. The second-order valence-electron chi connectivity index (χ2n) is 3.26. The van der Waals surface area contributed by atoms with E-state index in [4.69, 9.17) is 21.4 Å². The summed E-state index contributed by atoms with van der Waals surface area (Å²) in [5.74, 6) is -0.128. The Morgan fingerprint density at radius 1 is 1.53 bits per heavy atom. The standard InChI is InChI=1S/C11H13ClO3/c1-8-4-5-9(7-10(8)12)15-6-2-3-11(13)14/h4-5,7H,2-3,6H2,1H3,(H,13,14). The molecule has 0 saturated carbocycles. The Balaban J connectivity index is 2.38. The molecule has 0 aliphatic heterocycles. The van der Waals surface area contributed by atoms with Crippen LogP contribution in [0.2, 0.25) is 5.02 Å². The fourth-order valence-corrected chi connectivity index (χ4v) is 1.25. The Morgan fingerprint density at radius 3 is 2.87 bits per heavy atom. The number of aryl methyl sites for hydroxylation is 1. The summed E-state index contributed by atoms with van der Waals surface area (Å²) in [7, 11) is 0. The number of carbonyl (C=O) groups is 1. The van der Waals surface area contributed by atoms with Gasteiger partial charge in [0.2, 0.25) is 0 Å². The molecule has 0 amide bonds. The molecular formula is C11H13ClO3. The third kappa shape index (κ3) is 4.21. The van der Waals surface area contributed by atoms with Crippen molar-refractivity contribution < 1.29 is 14.6 Å². The summed E-state index contributed by atoms with van der Waals surface area (Å²) in [4.78, 5) is 10.2. The molecule has 0 unspecified atom stereocenters. The van der Waals surface area contributed by atoms with Gasteiger partial charge in [0.1, 0.15) is 5.75 Å². The predicted octanol–water partition coefficient (Wildman–Crippen LogP) is 2.89. The van der Waals surface area contributed by atoms with Crippen molar-refractivity contribution in [3.63, 3.8) is 0 Å². The lowest BCUT2D eigenvalue weighted by Crippen LogP contribution is -2.02. The summed E-state index contributed by atoms with van der Waals surface area (Å²) < 4.78 is 5.34. The minimum atomic E-state index is -0.805. The summed E-state index contributed by atoms with van der Waals surface area (Å²) in [6.45, 7) is 2.31. The van der Waals surface area contributed by atoms with E-state index in [9.17, 15) is 4.79 Å². The van der Waals surface area contributed by atoms with Gasteiger partial charge in [-0.25, -0.2) is 0 Å². The minimum absolute atomic E-state index is 0.125. The Hall–Kier alpha value is -1.22. The van der Waals surface area contributed by atoms with Crippen LogP contribution in [0.25, 0.3) is 0 Å². The number of aliphatic carboxylic acids is 1. The van der Waals surface area contributed by atoms with Gasteiger partial charge in [0, 0.05) is 11.4 Å². The largest absolute Gasteiger partial charge is 0.494 e. The lowest BCUT2D eigenvalue weighted by molar-refractivity contribution is -0.137. The fraction of sp³-hybridized carbons (Fsp3) is 0.364. The molecule has 0 aliphatic carbocycles. The zero-order valence-electron chi connectivity index (χ0n) is 8.50. The molecule has 0 spiro atoms. The van der Waals surface area contributed by atoms with Crippen LogP contribution < -0.4 is 4.74 Å². The van der Waals surface area contributed by atoms with Crippen molar-refractivity contribution in [3.05, 3.63) is 28.8 Å². The summed E-state index contributed by atoms with van der Waals surface area (Å²) in [5.41, 5.74) is 0.995. The highest BCUT2D eigenvalue weighted by Gasteiger charge is 2.00. The maximum Gasteiger partial charge on any atom is 0.303 e. The molecule has 0 saturated heterocycles. The van der Waals surface area contributed by atoms with Crippen LogP contribution >= 0.6 is 11.6 Å². The first-order chi connectivity index (χ1) is 7.09. The topological polar surface area (TPSA) is 46.5 Å². The van der Waals surface area contributed by atoms with E-state index in [1.165, 1.54) is 0 Å². The smallest absolute Gasteiger partial charge is 0.303 e. The normalized spacial score (nSPS) is 10.0. The number of hydrogen-bond donors (Lipinski definition) is 1. The quantitative estimate of drug-likeness (QED) is 0.789. The van der Waals surface area contributed by atoms with Crippen LogP contribution in [0, 0.1) is 6.92 Å². The highest BCUT2D eigenvalue weighted by Crippen LogP contribution is 2.21. The number of carboxylic acid groups (broad SMARTS) is 1. The number of halogens is 1. The van der Waals surface area contributed by atoms with Crippen LogP contribution in [0.5, 0.6) is 5.75 Å². The van der Waals surface area contributed by atoms with Crippen molar-refractivity contribution in [1.82, 2.24) is 0 Å². The molecule has 82 valence electrons. The van der Waals surface area contributed by atoms with E-state index in [0.717, 1.165) is 5.56 Å². The molecule has 1 N–H and O–H groups in total. The predicted molar refractivity (Wildman–Crippen MR) is 58.6 cm³/mol. The van der Waals surface area contributed by atoms with Crippen molar-refractivity contribution in [3.8, 4) is 5.75 Å². The number of carboxylic acids is 1. The molecule has 0 aromatic heterocycles. The zero-order valence-corrected chi connectivity index (χ0v) is 9.25. The average molecular weight is 229 g/mol. The first-order valence-electron chi connectivity index (χ1n) is 4.70. The van der Waals surface area contributed by atoms with Gasteiger partial charge in [0.25, 0.3) is 0 Å². The Kier molecular flexibility index (Phi) is 4.43. The van der Waals surface area contributed by atoms with Crippen LogP contribution in [0.3, 0.4) is 0 Å². The van der Waals surface area contributed by atoms with E-state index in [1.54, 1.807) is 6.07 Å². The highest BCUT2D eigenvalue weighted by molar-refractivity contribution is 6.31. The van der Waals surface area contributed by atoms with Gasteiger partial charge >= 0.3 is 5.97 Å². The second-order valence-corrected chi connectivity index (χ2v) is 3.66. The Bertz CT molecular complexity index is 350. The third-order valence-electron chi connectivity index (χ3n) is 1.95. The first-order valence-corrected chi connectivity index (χ1v) is 5.08. The monoisotopic (exact) mass is 228 g/mol. The molecule has 15 heavy (non-hydrogen) atoms. The Labute approximate surface area is 93.6 Å². The molecule has 0 aliphatic rings. The maximum absolute atomic E-state index is 10.2. The van der Waals surface area contributed by atoms with Crippen LogP contribution in [0.4, 0.5) is 0 Å². The SMILES string of the molecule is Cc1ccc(OCCCC(=O)O)cc1Cl. The van der Waals surface area contributed by atoms with Gasteiger partial charge in [0.05, 0.1) is 6.61 Å². The van der Waals surface area contributed by atoms with Crippen molar-refractivity contribution >= 4 is 17.6 Å². The number of rotatable bonds is 5. The van der Waals surface area contributed by atoms with Crippen LogP contribution in [0.15, 0.2) is 18.2 Å². The minimum Gasteiger partial charge on any atom is -0.494 e. The van der Waals surface area contributed by atoms with Gasteiger partial charge in [-0.15, -0.1) is 0 Å². The van der Waals surface area contributed by atoms with Gasteiger partial charge in [-0.3, -0.25) is 4.79 Å². The molecule has 0 fully saturated rings. The van der Waals surface area contributed by atoms with Crippen molar-refractivity contribution in [1.29, 1.82) is 0 Å². The van der Waals surface area contributed by atoms with E-state index in [2.05, 4.69) is 0 Å². The molecule has 3 nitrogen and oxygen atoms in total. The van der Waals surface area contributed by atoms with Gasteiger partial charge in [-0.2, -0.15) is 0 Å². The van der Waals surface area contributed by atoms with Crippen molar-refractivity contribution in [2.75, 3.05) is 6.61 Å². The maximum atomic E-state index is 10.2. The summed E-state index contributed by atoms with van der Waals surface area (Å²) >= 11 is 5.90. The van der Waals surface area contributed by atoms with Crippen molar-refractivity contribution in [2.24, 2.45) is 0 Å². The zero-order chi connectivity index (χ0) is 11.3. The molecule has 1 aromatic rings. The van der Waals surface area contributed by atoms with E-state index >= 15 is 0 Å². The van der Waals surface area contributed by atoms with E-state index < -0.39 is 5.97 Å². The van der Waals surface area contributed by atoms with Crippen LogP contribution in [-0.2, 0) is 4.79 Å². The number of ether oxygens (including phenoxy) is 1. The fourth-order valence-electron chi connectivity index (χ4n) is 1.08. The van der Waals surface area contributed by atoms with Crippen LogP contribution in [-0.4, -0.2) is 17.7 Å². The Morgan fingerprint density at radius 2 is 2.27 bits per heavy atom. The van der Waals surface area contributed by atoms with E-state index in [-0.39, 0.29) is 6.42 Å². The molecular weight excluding hydrogens is 216 g/mol. The summed E-state index contributed by atoms with van der Waals surface area (Å²) in [6.07, 6.45) is 0.625. The molecule has 4 heteroatoms. The summed E-state index contributed by atoms with van der Waals surface area (Å²) in [5, 5.41) is 9.07. The molecule has 0 heterocycles. The highest BCUT2D eigenvalue weighted by atomic mass is 35.5. The molecule has 0 bridgehead atoms. The van der Waals surface area contributed by atoms with Gasteiger partial charge < -0.3 is 9.84 Å². The third-order valence-corrected chi connectivity index (χ3v) is 2.35. The van der Waals surface area contributed by atoms with E-state index in [0.29, 0.717) is 23.8 Å². The lowest BCUT2D eigenvalue weighted by Gasteiger charge is -2.06. The molecule has 1 rings (SSSR count). The lowest BCUT2D eigenvalue weighted by atomic mass is 10.2. The molecule has 0 atom stereocenters. The second kappa shape index (κ2) is 5.61.